The second kappa shape index (κ2) is 14.2. The van der Waals surface area contributed by atoms with Crippen LogP contribution in [-0.4, -0.2) is 51.4 Å². The van der Waals surface area contributed by atoms with Gasteiger partial charge < -0.3 is 15.0 Å². The number of aryl methyl sites for hydroxylation is 2. The summed E-state index contributed by atoms with van der Waals surface area (Å²) in [5.74, 6) is -0.229. The highest BCUT2D eigenvalue weighted by molar-refractivity contribution is 7.92. The third kappa shape index (κ3) is 8.10. The Balaban J connectivity index is 2.08. The lowest BCUT2D eigenvalue weighted by Crippen LogP contribution is -2.52. The normalized spacial score (nSPS) is 12.1. The van der Waals surface area contributed by atoms with Crippen molar-refractivity contribution in [3.05, 3.63) is 89.5 Å². The second-order valence-corrected chi connectivity index (χ2v) is 12.4. The molecular formula is C32H41N3O5S. The number of anilines is 1. The number of para-hydroxylation sites is 2. The summed E-state index contributed by atoms with van der Waals surface area (Å²) in [6, 6.07) is 20.1. The molecule has 1 N–H and O–H groups in total. The van der Waals surface area contributed by atoms with E-state index in [-0.39, 0.29) is 29.0 Å². The zero-order chi connectivity index (χ0) is 30.2. The zero-order valence-electron chi connectivity index (χ0n) is 24.8. The maximum absolute atomic E-state index is 14.2. The number of carbonyl (C=O) groups excluding carboxylic acids is 2. The molecule has 41 heavy (non-hydrogen) atoms. The molecule has 0 bridgehead atoms. The predicted octanol–water partition coefficient (Wildman–Crippen LogP) is 5.09. The Bertz CT molecular complexity index is 1440. The number of amides is 2. The Labute approximate surface area is 244 Å². The molecule has 3 rings (SSSR count). The van der Waals surface area contributed by atoms with Gasteiger partial charge in [0.25, 0.3) is 10.0 Å². The number of rotatable bonds is 13. The summed E-state index contributed by atoms with van der Waals surface area (Å²) >= 11 is 0. The number of methoxy groups -OCH3 is 1. The van der Waals surface area contributed by atoms with Crippen LogP contribution in [0.2, 0.25) is 0 Å². The molecule has 0 radical (unpaired) electrons. The van der Waals surface area contributed by atoms with Gasteiger partial charge in [0.05, 0.1) is 17.7 Å². The fourth-order valence-corrected chi connectivity index (χ4v) is 5.96. The van der Waals surface area contributed by atoms with Crippen molar-refractivity contribution in [3.63, 3.8) is 0 Å². The van der Waals surface area contributed by atoms with Gasteiger partial charge in [0.15, 0.2) is 0 Å². The number of hydrogen-bond donors (Lipinski definition) is 1. The average Bonchev–Trinajstić information content (AvgIpc) is 2.94. The maximum atomic E-state index is 14.2. The minimum absolute atomic E-state index is 0.0498. The fraction of sp³-hybridized carbons (Fsp3) is 0.375. The number of ether oxygens (including phenoxy) is 1. The maximum Gasteiger partial charge on any atom is 0.264 e. The summed E-state index contributed by atoms with van der Waals surface area (Å²) in [5.41, 5.74) is 3.01. The summed E-state index contributed by atoms with van der Waals surface area (Å²) in [5, 5.41) is 2.95. The van der Waals surface area contributed by atoms with Crippen LogP contribution >= 0.6 is 0 Å². The van der Waals surface area contributed by atoms with Gasteiger partial charge in [-0.1, -0.05) is 80.4 Å². The van der Waals surface area contributed by atoms with E-state index < -0.39 is 28.5 Å². The highest BCUT2D eigenvalue weighted by atomic mass is 32.2. The van der Waals surface area contributed by atoms with Gasteiger partial charge >= 0.3 is 0 Å². The Kier molecular flexibility index (Phi) is 10.9. The van der Waals surface area contributed by atoms with Crippen molar-refractivity contribution in [2.24, 2.45) is 5.92 Å². The van der Waals surface area contributed by atoms with Crippen LogP contribution in [0.1, 0.15) is 43.9 Å². The summed E-state index contributed by atoms with van der Waals surface area (Å²) in [7, 11) is -2.73. The van der Waals surface area contributed by atoms with Crippen molar-refractivity contribution in [2.75, 3.05) is 24.5 Å². The molecule has 0 aliphatic carbocycles. The van der Waals surface area contributed by atoms with E-state index >= 15 is 0 Å². The lowest BCUT2D eigenvalue weighted by atomic mass is 10.1. The first-order chi connectivity index (χ1) is 19.5. The molecule has 9 heteroatoms. The second-order valence-electron chi connectivity index (χ2n) is 10.6. The minimum atomic E-state index is -4.18. The number of hydrogen-bond acceptors (Lipinski definition) is 5. The van der Waals surface area contributed by atoms with Crippen LogP contribution in [0, 0.1) is 19.8 Å². The zero-order valence-corrected chi connectivity index (χ0v) is 25.6. The van der Waals surface area contributed by atoms with Crippen LogP contribution in [0.4, 0.5) is 5.69 Å². The summed E-state index contributed by atoms with van der Waals surface area (Å²) in [6.45, 7) is 9.77. The molecule has 1 atom stereocenters. The highest BCUT2D eigenvalue weighted by Crippen LogP contribution is 2.32. The number of benzene rings is 3. The first-order valence-corrected chi connectivity index (χ1v) is 15.3. The molecule has 0 aliphatic heterocycles. The third-order valence-electron chi connectivity index (χ3n) is 6.75. The van der Waals surface area contributed by atoms with Crippen LogP contribution in [0.3, 0.4) is 0 Å². The molecule has 0 heterocycles. The van der Waals surface area contributed by atoms with Gasteiger partial charge in [0.2, 0.25) is 11.8 Å². The van der Waals surface area contributed by atoms with Crippen molar-refractivity contribution >= 4 is 27.5 Å². The lowest BCUT2D eigenvalue weighted by molar-refractivity contribution is -0.140. The predicted molar refractivity (Wildman–Crippen MR) is 162 cm³/mol. The van der Waals surface area contributed by atoms with E-state index in [9.17, 15) is 18.0 Å². The Morgan fingerprint density at radius 3 is 2.22 bits per heavy atom. The molecule has 0 saturated carbocycles. The topological polar surface area (TPSA) is 96.0 Å². The molecule has 0 spiro atoms. The van der Waals surface area contributed by atoms with E-state index in [4.69, 9.17) is 4.74 Å². The van der Waals surface area contributed by atoms with E-state index in [0.717, 1.165) is 21.0 Å². The van der Waals surface area contributed by atoms with E-state index in [0.29, 0.717) is 18.7 Å². The quantitative estimate of drug-likeness (QED) is 0.305. The van der Waals surface area contributed by atoms with Gasteiger partial charge in [-0.3, -0.25) is 13.9 Å². The van der Waals surface area contributed by atoms with E-state index in [1.807, 2.05) is 58.9 Å². The average molecular weight is 580 g/mol. The molecule has 1 unspecified atom stereocenters. The Morgan fingerprint density at radius 1 is 0.927 bits per heavy atom. The van der Waals surface area contributed by atoms with Crippen LogP contribution in [0.15, 0.2) is 77.7 Å². The molecule has 3 aromatic rings. The fourth-order valence-electron chi connectivity index (χ4n) is 4.54. The molecule has 3 aromatic carbocycles. The monoisotopic (exact) mass is 579 g/mol. The van der Waals surface area contributed by atoms with Gasteiger partial charge in [0, 0.05) is 13.1 Å². The van der Waals surface area contributed by atoms with Crippen molar-refractivity contribution in [2.45, 2.75) is 58.5 Å². The highest BCUT2D eigenvalue weighted by Gasteiger charge is 2.34. The van der Waals surface area contributed by atoms with Crippen LogP contribution in [0.25, 0.3) is 0 Å². The molecule has 0 aromatic heterocycles. The lowest BCUT2D eigenvalue weighted by Gasteiger charge is -2.33. The van der Waals surface area contributed by atoms with E-state index in [2.05, 4.69) is 5.32 Å². The molecule has 0 aliphatic rings. The van der Waals surface area contributed by atoms with E-state index in [1.165, 1.54) is 24.1 Å². The van der Waals surface area contributed by atoms with Gasteiger partial charge in [-0.15, -0.1) is 0 Å². The molecular weight excluding hydrogens is 538 g/mol. The first-order valence-electron chi connectivity index (χ1n) is 13.8. The first kappa shape index (κ1) is 31.7. The number of sulfonamides is 1. The van der Waals surface area contributed by atoms with Crippen molar-refractivity contribution in [1.29, 1.82) is 0 Å². The van der Waals surface area contributed by atoms with Crippen molar-refractivity contribution in [1.82, 2.24) is 10.2 Å². The summed E-state index contributed by atoms with van der Waals surface area (Å²) in [4.78, 5) is 29.1. The van der Waals surface area contributed by atoms with Crippen LogP contribution < -0.4 is 14.4 Å². The molecule has 0 saturated heterocycles. The molecule has 2 amide bonds. The smallest absolute Gasteiger partial charge is 0.264 e. The van der Waals surface area contributed by atoms with E-state index in [1.54, 1.807) is 36.4 Å². The van der Waals surface area contributed by atoms with Gasteiger partial charge in [-0.25, -0.2) is 8.42 Å². The largest absolute Gasteiger partial charge is 0.495 e. The number of nitrogens with zero attached hydrogens (tertiary/aromatic N) is 2. The van der Waals surface area contributed by atoms with Gasteiger partial charge in [-0.2, -0.15) is 0 Å². The van der Waals surface area contributed by atoms with Crippen LogP contribution in [-0.2, 0) is 26.2 Å². The van der Waals surface area contributed by atoms with Gasteiger partial charge in [0.1, 0.15) is 18.3 Å². The van der Waals surface area contributed by atoms with Crippen molar-refractivity contribution < 1.29 is 22.7 Å². The summed E-state index contributed by atoms with van der Waals surface area (Å²) in [6.07, 6.45) is 0.362. The van der Waals surface area contributed by atoms with Crippen molar-refractivity contribution in [3.8, 4) is 5.75 Å². The third-order valence-corrected chi connectivity index (χ3v) is 8.52. The van der Waals surface area contributed by atoms with Crippen LogP contribution in [0.5, 0.6) is 5.75 Å². The minimum Gasteiger partial charge on any atom is -0.495 e. The Hall–Kier alpha value is -3.85. The molecule has 220 valence electrons. The molecule has 8 nitrogen and oxygen atoms in total. The molecule has 0 fully saturated rings. The van der Waals surface area contributed by atoms with Gasteiger partial charge in [-0.05, 0) is 56.0 Å². The standard InChI is InChI=1S/C32H41N3O5S/c1-7-28(32(37)33-20-23(2)3)34(21-26-12-10-11-25(5)19-26)31(36)22-35(29-13-8-9-14-30(29)40-6)41(38,39)27-17-15-24(4)16-18-27/h8-19,23,28H,7,20-22H2,1-6H3,(H,33,37). The SMILES string of the molecule is CCC(C(=O)NCC(C)C)N(Cc1cccc(C)c1)C(=O)CN(c1ccccc1OC)S(=O)(=O)c1ccc(C)cc1. The number of nitrogens with one attached hydrogen (secondary N) is 1. The number of carbonyl (C=O) groups is 2. The Morgan fingerprint density at radius 2 is 1.61 bits per heavy atom. The summed E-state index contributed by atoms with van der Waals surface area (Å²) < 4.78 is 34.7.